The number of nitrogens with one attached hydrogen (secondary N) is 1. The summed E-state index contributed by atoms with van der Waals surface area (Å²) in [5.41, 5.74) is 0. The van der Waals surface area contributed by atoms with E-state index in [1.165, 1.54) is 25.8 Å². The summed E-state index contributed by atoms with van der Waals surface area (Å²) in [5, 5.41) is 3.51. The first-order valence-electron chi connectivity index (χ1n) is 6.81. The molecule has 1 N–H and O–H groups in total. The number of rotatable bonds is 7. The van der Waals surface area contributed by atoms with Gasteiger partial charge in [0.05, 0.1) is 12.2 Å². The Hall–Kier alpha value is -0.120. The van der Waals surface area contributed by atoms with E-state index in [4.69, 9.17) is 4.74 Å². The number of hydrogen-bond acceptors (Lipinski definition) is 3. The van der Waals surface area contributed by atoms with Crippen molar-refractivity contribution in [3.05, 3.63) is 0 Å². The van der Waals surface area contributed by atoms with Crippen molar-refractivity contribution in [2.45, 2.75) is 52.2 Å². The summed E-state index contributed by atoms with van der Waals surface area (Å²) in [6.07, 6.45) is 4.75. The number of unbranched alkanes of at least 4 members (excludes halogenated alkanes) is 2. The highest BCUT2D eigenvalue weighted by molar-refractivity contribution is 4.73. The zero-order valence-corrected chi connectivity index (χ0v) is 11.2. The number of hydrogen-bond donors (Lipinski definition) is 1. The molecule has 2 atom stereocenters. The highest BCUT2D eigenvalue weighted by Crippen LogP contribution is 2.09. The van der Waals surface area contributed by atoms with E-state index < -0.39 is 0 Å². The Morgan fingerprint density at radius 3 is 2.44 bits per heavy atom. The van der Waals surface area contributed by atoms with Crippen LogP contribution < -0.4 is 5.32 Å². The minimum atomic E-state index is 0.392. The molecule has 0 aliphatic carbocycles. The van der Waals surface area contributed by atoms with Gasteiger partial charge in [0, 0.05) is 26.2 Å². The first-order chi connectivity index (χ1) is 7.72. The molecule has 0 aromatic heterocycles. The monoisotopic (exact) mass is 228 g/mol. The predicted molar refractivity (Wildman–Crippen MR) is 68.8 cm³/mol. The molecular weight excluding hydrogens is 200 g/mol. The van der Waals surface area contributed by atoms with Crippen molar-refractivity contribution in [3.8, 4) is 0 Å². The summed E-state index contributed by atoms with van der Waals surface area (Å²) >= 11 is 0. The fraction of sp³-hybridized carbons (Fsp3) is 1.00. The van der Waals surface area contributed by atoms with E-state index in [0.717, 1.165) is 26.2 Å². The molecule has 0 amide bonds. The van der Waals surface area contributed by atoms with Crippen molar-refractivity contribution >= 4 is 0 Å². The third kappa shape index (κ3) is 5.83. The second-order valence-electron chi connectivity index (χ2n) is 4.97. The summed E-state index contributed by atoms with van der Waals surface area (Å²) < 4.78 is 5.71. The summed E-state index contributed by atoms with van der Waals surface area (Å²) in [6, 6.07) is 0. The Balaban J connectivity index is 1.99. The number of nitrogens with zero attached hydrogens (tertiary/aromatic N) is 1. The fourth-order valence-corrected chi connectivity index (χ4v) is 2.33. The van der Waals surface area contributed by atoms with Crippen LogP contribution in [0.4, 0.5) is 0 Å². The maximum Gasteiger partial charge on any atom is 0.0678 e. The molecule has 1 aliphatic heterocycles. The Kier molecular flexibility index (Phi) is 7.01. The van der Waals surface area contributed by atoms with Gasteiger partial charge in [-0.3, -0.25) is 4.90 Å². The third-order valence-corrected chi connectivity index (χ3v) is 3.06. The van der Waals surface area contributed by atoms with E-state index in [0.29, 0.717) is 12.2 Å². The maximum absolute atomic E-state index is 5.71. The molecule has 0 bridgehead atoms. The van der Waals surface area contributed by atoms with Crippen molar-refractivity contribution in [2.75, 3.05) is 32.7 Å². The lowest BCUT2D eigenvalue weighted by molar-refractivity contribution is -0.0674. The van der Waals surface area contributed by atoms with Gasteiger partial charge in [-0.1, -0.05) is 19.8 Å². The van der Waals surface area contributed by atoms with E-state index in [1.54, 1.807) is 0 Å². The molecule has 1 heterocycles. The molecule has 1 fully saturated rings. The van der Waals surface area contributed by atoms with Crippen LogP contribution in [0.15, 0.2) is 0 Å². The smallest absolute Gasteiger partial charge is 0.0678 e. The highest BCUT2D eigenvalue weighted by Gasteiger charge is 2.21. The second-order valence-corrected chi connectivity index (χ2v) is 4.97. The van der Waals surface area contributed by atoms with Gasteiger partial charge in [-0.2, -0.15) is 0 Å². The minimum absolute atomic E-state index is 0.392. The average Bonchev–Trinajstić information content (AvgIpc) is 2.22. The molecule has 0 saturated carbocycles. The van der Waals surface area contributed by atoms with Crippen LogP contribution in [0.25, 0.3) is 0 Å². The first-order valence-corrected chi connectivity index (χ1v) is 6.81. The van der Waals surface area contributed by atoms with Gasteiger partial charge in [0.15, 0.2) is 0 Å². The molecule has 0 aromatic carbocycles. The van der Waals surface area contributed by atoms with Crippen LogP contribution in [0.5, 0.6) is 0 Å². The summed E-state index contributed by atoms with van der Waals surface area (Å²) in [7, 11) is 0. The normalized spacial score (nSPS) is 27.2. The van der Waals surface area contributed by atoms with Crippen molar-refractivity contribution < 1.29 is 4.74 Å². The van der Waals surface area contributed by atoms with E-state index >= 15 is 0 Å². The van der Waals surface area contributed by atoms with Crippen LogP contribution >= 0.6 is 0 Å². The maximum atomic E-state index is 5.71. The lowest BCUT2D eigenvalue weighted by atomic mass is 10.2. The van der Waals surface area contributed by atoms with E-state index in [-0.39, 0.29) is 0 Å². The van der Waals surface area contributed by atoms with Gasteiger partial charge in [0.2, 0.25) is 0 Å². The quantitative estimate of drug-likeness (QED) is 0.673. The van der Waals surface area contributed by atoms with Crippen molar-refractivity contribution in [3.63, 3.8) is 0 Å². The Labute approximate surface area is 101 Å². The Morgan fingerprint density at radius 1 is 1.12 bits per heavy atom. The third-order valence-electron chi connectivity index (χ3n) is 3.06. The van der Waals surface area contributed by atoms with Gasteiger partial charge < -0.3 is 10.1 Å². The second kappa shape index (κ2) is 8.04. The van der Waals surface area contributed by atoms with Gasteiger partial charge >= 0.3 is 0 Å². The zero-order valence-electron chi connectivity index (χ0n) is 11.2. The molecule has 1 aliphatic rings. The lowest BCUT2D eigenvalue weighted by Gasteiger charge is -2.35. The Bertz CT molecular complexity index is 165. The summed E-state index contributed by atoms with van der Waals surface area (Å²) in [4.78, 5) is 2.51. The van der Waals surface area contributed by atoms with Gasteiger partial charge in [-0.25, -0.2) is 0 Å². The molecule has 2 unspecified atom stereocenters. The summed E-state index contributed by atoms with van der Waals surface area (Å²) in [5.74, 6) is 0. The fourth-order valence-electron chi connectivity index (χ4n) is 2.33. The van der Waals surface area contributed by atoms with E-state index in [9.17, 15) is 0 Å². The molecule has 96 valence electrons. The van der Waals surface area contributed by atoms with Crippen molar-refractivity contribution in [1.82, 2.24) is 10.2 Å². The Morgan fingerprint density at radius 2 is 1.81 bits per heavy atom. The molecule has 0 aromatic rings. The molecule has 3 nitrogen and oxygen atoms in total. The average molecular weight is 228 g/mol. The van der Waals surface area contributed by atoms with Crippen molar-refractivity contribution in [1.29, 1.82) is 0 Å². The van der Waals surface area contributed by atoms with Crippen LogP contribution in [-0.4, -0.2) is 49.8 Å². The van der Waals surface area contributed by atoms with Gasteiger partial charge in [0.25, 0.3) is 0 Å². The predicted octanol–water partition coefficient (Wildman–Crippen LogP) is 1.88. The SMILES string of the molecule is CCCCCNCCN1CC(C)OC(C)C1. The lowest BCUT2D eigenvalue weighted by Crippen LogP contribution is -2.47. The standard InChI is InChI=1S/C13H28N2O/c1-4-5-6-7-14-8-9-15-10-12(2)16-13(3)11-15/h12-14H,4-11H2,1-3H3. The van der Waals surface area contributed by atoms with Gasteiger partial charge in [0.1, 0.15) is 0 Å². The largest absolute Gasteiger partial charge is 0.373 e. The molecule has 1 rings (SSSR count). The molecule has 0 radical (unpaired) electrons. The van der Waals surface area contributed by atoms with Crippen LogP contribution in [0.3, 0.4) is 0 Å². The summed E-state index contributed by atoms with van der Waals surface area (Å²) in [6.45, 7) is 12.2. The molecule has 1 saturated heterocycles. The minimum Gasteiger partial charge on any atom is -0.373 e. The molecule has 0 spiro atoms. The molecule has 16 heavy (non-hydrogen) atoms. The topological polar surface area (TPSA) is 24.5 Å². The molecular formula is C13H28N2O. The van der Waals surface area contributed by atoms with Gasteiger partial charge in [-0.05, 0) is 26.8 Å². The van der Waals surface area contributed by atoms with Crippen LogP contribution in [0, 0.1) is 0 Å². The van der Waals surface area contributed by atoms with Crippen LogP contribution in [0.1, 0.15) is 40.0 Å². The molecule has 3 heteroatoms. The number of morpholine rings is 1. The van der Waals surface area contributed by atoms with Gasteiger partial charge in [-0.15, -0.1) is 0 Å². The zero-order chi connectivity index (χ0) is 11.8. The van der Waals surface area contributed by atoms with Crippen molar-refractivity contribution in [2.24, 2.45) is 0 Å². The number of ether oxygens (including phenoxy) is 1. The van der Waals surface area contributed by atoms with E-state index in [1.807, 2.05) is 0 Å². The first kappa shape index (κ1) is 13.9. The van der Waals surface area contributed by atoms with E-state index in [2.05, 4.69) is 31.0 Å². The van der Waals surface area contributed by atoms with Crippen LogP contribution in [-0.2, 0) is 4.74 Å². The highest BCUT2D eigenvalue weighted by atomic mass is 16.5. The van der Waals surface area contributed by atoms with Crippen LogP contribution in [0.2, 0.25) is 0 Å².